The fourth-order valence-electron chi connectivity index (χ4n) is 2.01. The van der Waals surface area contributed by atoms with Crippen molar-refractivity contribution in [3.63, 3.8) is 0 Å². The van der Waals surface area contributed by atoms with E-state index in [0.29, 0.717) is 5.02 Å². The summed E-state index contributed by atoms with van der Waals surface area (Å²) in [7, 11) is 3.20. The minimum absolute atomic E-state index is 0.0641. The summed E-state index contributed by atoms with van der Waals surface area (Å²) < 4.78 is 12.1. The summed E-state index contributed by atoms with van der Waals surface area (Å²) in [6.45, 7) is 1.96. The van der Waals surface area contributed by atoms with E-state index in [4.69, 9.17) is 21.1 Å². The molecule has 0 bridgehead atoms. The Morgan fingerprint density at radius 3 is 2.65 bits per heavy atom. The maximum atomic E-state index is 6.26. The number of rotatable bonds is 6. The van der Waals surface area contributed by atoms with Gasteiger partial charge in [-0.25, -0.2) is 9.67 Å². The molecule has 20 heavy (non-hydrogen) atoms. The molecule has 7 heteroatoms. The number of benzene rings is 1. The maximum Gasteiger partial charge on any atom is 0.176 e. The lowest BCUT2D eigenvalue weighted by atomic mass is 10.2. The Morgan fingerprint density at radius 2 is 2.05 bits per heavy atom. The van der Waals surface area contributed by atoms with Gasteiger partial charge < -0.3 is 14.8 Å². The van der Waals surface area contributed by atoms with Gasteiger partial charge in [-0.3, -0.25) is 0 Å². The average Bonchev–Trinajstić information content (AvgIpc) is 2.94. The van der Waals surface area contributed by atoms with E-state index in [1.165, 1.54) is 6.33 Å². The van der Waals surface area contributed by atoms with Crippen molar-refractivity contribution < 1.29 is 9.47 Å². The summed E-state index contributed by atoms with van der Waals surface area (Å²) in [6.07, 6.45) is 2.70. The largest absolute Gasteiger partial charge is 0.376 e. The van der Waals surface area contributed by atoms with Crippen LogP contribution in [0.4, 0.5) is 5.69 Å². The molecule has 0 aliphatic carbocycles. The molecule has 1 heterocycles. The predicted octanol–water partition coefficient (Wildman–Crippen LogP) is 2.34. The monoisotopic (exact) mass is 296 g/mol. The van der Waals surface area contributed by atoms with Crippen molar-refractivity contribution >= 4 is 17.3 Å². The van der Waals surface area contributed by atoms with Crippen LogP contribution in [0.15, 0.2) is 30.9 Å². The highest BCUT2D eigenvalue weighted by Crippen LogP contribution is 2.28. The van der Waals surface area contributed by atoms with E-state index in [9.17, 15) is 0 Å². The predicted molar refractivity (Wildman–Crippen MR) is 77.3 cm³/mol. The van der Waals surface area contributed by atoms with E-state index in [1.54, 1.807) is 31.3 Å². The Hall–Kier alpha value is -1.63. The van der Waals surface area contributed by atoms with E-state index < -0.39 is 0 Å². The molecule has 108 valence electrons. The molecule has 0 spiro atoms. The fraction of sp³-hybridized carbons (Fsp3) is 0.385. The first-order chi connectivity index (χ1) is 9.67. The number of hydrogen-bond acceptors (Lipinski definition) is 5. The van der Waals surface area contributed by atoms with Crippen molar-refractivity contribution in [3.8, 4) is 5.69 Å². The Labute approximate surface area is 122 Å². The molecule has 1 aromatic carbocycles. The molecule has 6 nitrogen and oxygen atoms in total. The first-order valence-electron chi connectivity index (χ1n) is 6.13. The Bertz CT molecular complexity index is 543. The van der Waals surface area contributed by atoms with Crippen LogP contribution in [-0.2, 0) is 9.47 Å². The van der Waals surface area contributed by atoms with Gasteiger partial charge in [0.05, 0.1) is 16.8 Å². The van der Waals surface area contributed by atoms with Gasteiger partial charge in [-0.2, -0.15) is 5.10 Å². The van der Waals surface area contributed by atoms with Crippen LogP contribution in [0.1, 0.15) is 6.92 Å². The highest BCUT2D eigenvalue weighted by Gasteiger charge is 2.18. The summed E-state index contributed by atoms with van der Waals surface area (Å²) in [6, 6.07) is 5.53. The van der Waals surface area contributed by atoms with Crippen molar-refractivity contribution in [2.75, 3.05) is 19.5 Å². The zero-order chi connectivity index (χ0) is 14.5. The molecule has 1 atom stereocenters. The number of nitrogens with zero attached hydrogens (tertiary/aromatic N) is 3. The third-order valence-corrected chi connectivity index (χ3v) is 3.20. The summed E-state index contributed by atoms with van der Waals surface area (Å²) in [5, 5.41) is 8.02. The molecular weight excluding hydrogens is 280 g/mol. The molecule has 2 rings (SSSR count). The second-order valence-electron chi connectivity index (χ2n) is 4.25. The molecule has 0 aliphatic rings. The van der Waals surface area contributed by atoms with Gasteiger partial charge in [-0.15, -0.1) is 0 Å². The second-order valence-corrected chi connectivity index (χ2v) is 4.66. The number of aromatic nitrogens is 3. The highest BCUT2D eigenvalue weighted by molar-refractivity contribution is 6.33. The molecule has 0 amide bonds. The van der Waals surface area contributed by atoms with Gasteiger partial charge >= 0.3 is 0 Å². The number of nitrogens with one attached hydrogen (secondary N) is 1. The maximum absolute atomic E-state index is 6.26. The van der Waals surface area contributed by atoms with Crippen molar-refractivity contribution in [1.82, 2.24) is 14.8 Å². The van der Waals surface area contributed by atoms with Crippen LogP contribution in [0.5, 0.6) is 0 Å². The van der Waals surface area contributed by atoms with Gasteiger partial charge in [0.1, 0.15) is 18.3 Å². The Kier molecular flexibility index (Phi) is 4.94. The first-order valence-corrected chi connectivity index (χ1v) is 6.50. The van der Waals surface area contributed by atoms with Crippen molar-refractivity contribution in [2.45, 2.75) is 19.3 Å². The van der Waals surface area contributed by atoms with Crippen molar-refractivity contribution in [3.05, 3.63) is 35.9 Å². The normalized spacial score (nSPS) is 12.7. The van der Waals surface area contributed by atoms with E-state index in [1.807, 2.05) is 19.1 Å². The molecule has 0 fully saturated rings. The number of hydrogen-bond donors (Lipinski definition) is 1. The lowest BCUT2D eigenvalue weighted by molar-refractivity contribution is -0.109. The Morgan fingerprint density at radius 1 is 1.30 bits per heavy atom. The molecule has 0 radical (unpaired) electrons. The van der Waals surface area contributed by atoms with Crippen molar-refractivity contribution in [2.24, 2.45) is 0 Å². The van der Waals surface area contributed by atoms with E-state index >= 15 is 0 Å². The van der Waals surface area contributed by atoms with Crippen LogP contribution in [-0.4, -0.2) is 41.3 Å². The van der Waals surface area contributed by atoms with Gasteiger partial charge in [0.2, 0.25) is 0 Å². The van der Waals surface area contributed by atoms with Crippen molar-refractivity contribution in [1.29, 1.82) is 0 Å². The van der Waals surface area contributed by atoms with Gasteiger partial charge in [0.25, 0.3) is 0 Å². The van der Waals surface area contributed by atoms with Crippen LogP contribution in [0.25, 0.3) is 5.69 Å². The van der Waals surface area contributed by atoms with Crippen LogP contribution in [0.3, 0.4) is 0 Å². The topological polar surface area (TPSA) is 61.2 Å². The van der Waals surface area contributed by atoms with Gasteiger partial charge in [-0.05, 0) is 19.1 Å². The standard InChI is InChI=1S/C13H17ClN4O2/c1-9(13(19-2)20-3)17-11-6-4-5-10(14)12(11)18-8-15-7-16-18/h4-9,13,17H,1-3H3. The quantitative estimate of drug-likeness (QED) is 0.829. The number of ether oxygens (including phenoxy) is 2. The smallest absolute Gasteiger partial charge is 0.176 e. The lowest BCUT2D eigenvalue weighted by Gasteiger charge is -2.24. The third kappa shape index (κ3) is 3.09. The number of methoxy groups -OCH3 is 2. The molecule has 1 unspecified atom stereocenters. The van der Waals surface area contributed by atoms with Gasteiger partial charge in [0, 0.05) is 14.2 Å². The van der Waals surface area contributed by atoms with Crippen LogP contribution >= 0.6 is 11.6 Å². The SMILES string of the molecule is COC(OC)C(C)Nc1cccc(Cl)c1-n1cncn1. The molecular formula is C13H17ClN4O2. The van der Waals surface area contributed by atoms with Gasteiger partial charge in [0.15, 0.2) is 6.29 Å². The summed E-state index contributed by atoms with van der Waals surface area (Å²) in [4.78, 5) is 3.94. The van der Waals surface area contributed by atoms with E-state index in [-0.39, 0.29) is 12.3 Å². The second kappa shape index (κ2) is 6.69. The van der Waals surface area contributed by atoms with Gasteiger partial charge in [-0.1, -0.05) is 17.7 Å². The summed E-state index contributed by atoms with van der Waals surface area (Å²) in [5.74, 6) is 0. The molecule has 0 aliphatic heterocycles. The molecule has 0 saturated heterocycles. The highest BCUT2D eigenvalue weighted by atomic mass is 35.5. The fourth-order valence-corrected chi connectivity index (χ4v) is 2.27. The Balaban J connectivity index is 2.31. The molecule has 0 saturated carbocycles. The average molecular weight is 297 g/mol. The third-order valence-electron chi connectivity index (χ3n) is 2.89. The zero-order valence-corrected chi connectivity index (χ0v) is 12.3. The molecule has 2 aromatic rings. The van der Waals surface area contributed by atoms with Crippen LogP contribution in [0.2, 0.25) is 5.02 Å². The van der Waals surface area contributed by atoms with E-state index in [0.717, 1.165) is 11.4 Å². The zero-order valence-electron chi connectivity index (χ0n) is 11.6. The van der Waals surface area contributed by atoms with Crippen LogP contribution < -0.4 is 5.32 Å². The summed E-state index contributed by atoms with van der Waals surface area (Å²) >= 11 is 6.26. The number of para-hydroxylation sites is 1. The van der Waals surface area contributed by atoms with Crippen LogP contribution in [0, 0.1) is 0 Å². The summed E-state index contributed by atoms with van der Waals surface area (Å²) in [5.41, 5.74) is 1.57. The minimum atomic E-state index is -0.363. The number of anilines is 1. The first kappa shape index (κ1) is 14.8. The minimum Gasteiger partial charge on any atom is -0.376 e. The molecule has 1 aromatic heterocycles. The van der Waals surface area contributed by atoms with E-state index in [2.05, 4.69) is 15.4 Å². The lowest BCUT2D eigenvalue weighted by Crippen LogP contribution is -2.34. The number of halogens is 1. The molecule has 1 N–H and O–H groups in total.